The maximum atomic E-state index is 2.30. The molecule has 0 amide bonds. The van der Waals surface area contributed by atoms with Crippen molar-refractivity contribution in [2.45, 2.75) is 59.3 Å². The standard InChI is InChI=1S/C19H28N2.Ru/c1-14(2)17-10-13-21(20-11-8-7-9-12-20)19(16(5)6)18(17)15(3)4;/h7-16H,1-6H3;/q+2;+3. The van der Waals surface area contributed by atoms with E-state index in [0.29, 0.717) is 17.8 Å². The predicted octanol–water partition coefficient (Wildman–Crippen LogP) is 3.94. The quantitative estimate of drug-likeness (QED) is 0.556. The summed E-state index contributed by atoms with van der Waals surface area (Å²) < 4.78 is 4.44. The first kappa shape index (κ1) is 19.0. The summed E-state index contributed by atoms with van der Waals surface area (Å²) in [5.41, 5.74) is 4.38. The molecule has 2 rings (SSSR count). The van der Waals surface area contributed by atoms with Crippen molar-refractivity contribution in [1.29, 1.82) is 0 Å². The van der Waals surface area contributed by atoms with Crippen molar-refractivity contribution in [3.63, 3.8) is 0 Å². The van der Waals surface area contributed by atoms with E-state index < -0.39 is 0 Å². The van der Waals surface area contributed by atoms with Gasteiger partial charge in [0, 0.05) is 29.7 Å². The summed E-state index contributed by atoms with van der Waals surface area (Å²) in [6.07, 6.45) is 6.41. The van der Waals surface area contributed by atoms with Crippen molar-refractivity contribution in [2.75, 3.05) is 0 Å². The molecule has 0 fully saturated rings. The van der Waals surface area contributed by atoms with Crippen LogP contribution in [0.2, 0.25) is 0 Å². The molecule has 2 heterocycles. The van der Waals surface area contributed by atoms with Crippen LogP contribution < -0.4 is 9.35 Å². The van der Waals surface area contributed by atoms with Crippen LogP contribution in [0.15, 0.2) is 42.9 Å². The molecule has 22 heavy (non-hydrogen) atoms. The fourth-order valence-corrected chi connectivity index (χ4v) is 3.03. The molecule has 2 aromatic heterocycles. The predicted molar refractivity (Wildman–Crippen MR) is 86.3 cm³/mol. The third kappa shape index (κ3) is 3.81. The van der Waals surface area contributed by atoms with E-state index in [4.69, 9.17) is 0 Å². The zero-order chi connectivity index (χ0) is 15.6. The van der Waals surface area contributed by atoms with Gasteiger partial charge in [0.05, 0.1) is 9.35 Å². The summed E-state index contributed by atoms with van der Waals surface area (Å²) >= 11 is 0. The molecule has 0 aliphatic heterocycles. The van der Waals surface area contributed by atoms with Gasteiger partial charge in [-0.15, -0.1) is 0 Å². The molecule has 0 unspecified atom stereocenters. The van der Waals surface area contributed by atoms with E-state index in [9.17, 15) is 0 Å². The second-order valence-corrected chi connectivity index (χ2v) is 6.63. The molecule has 0 N–H and O–H groups in total. The van der Waals surface area contributed by atoms with E-state index in [2.05, 4.69) is 93.8 Å². The van der Waals surface area contributed by atoms with Crippen molar-refractivity contribution in [3.05, 3.63) is 59.7 Å². The molecule has 0 bridgehead atoms. The molecule has 0 spiro atoms. The molecule has 3 heteroatoms. The Morgan fingerprint density at radius 2 is 1.32 bits per heavy atom. The first-order chi connectivity index (χ1) is 9.93. The van der Waals surface area contributed by atoms with Crippen molar-refractivity contribution in [3.8, 4) is 0 Å². The van der Waals surface area contributed by atoms with Crippen molar-refractivity contribution < 1.29 is 28.8 Å². The van der Waals surface area contributed by atoms with Crippen molar-refractivity contribution in [2.24, 2.45) is 0 Å². The molecule has 0 aliphatic rings. The van der Waals surface area contributed by atoms with Gasteiger partial charge in [-0.1, -0.05) is 41.5 Å². The molecule has 0 atom stereocenters. The van der Waals surface area contributed by atoms with Crippen LogP contribution >= 0.6 is 0 Å². The van der Waals surface area contributed by atoms with E-state index in [1.807, 2.05) is 0 Å². The molecule has 0 aromatic carbocycles. The Kier molecular flexibility index (Phi) is 6.87. The fourth-order valence-electron chi connectivity index (χ4n) is 3.03. The number of hydrogen-bond donors (Lipinski definition) is 0. The summed E-state index contributed by atoms with van der Waals surface area (Å²) in [6, 6.07) is 8.48. The monoisotopic (exact) mass is 386 g/mol. The molecular formula is C19H28N2Ru+5. The van der Waals surface area contributed by atoms with Crippen LogP contribution in [0.25, 0.3) is 0 Å². The Labute approximate surface area is 147 Å². The Hall–Kier alpha value is -1.08. The van der Waals surface area contributed by atoms with E-state index in [-0.39, 0.29) is 19.5 Å². The van der Waals surface area contributed by atoms with Crippen LogP contribution in [0, 0.1) is 0 Å². The van der Waals surface area contributed by atoms with Gasteiger partial charge >= 0.3 is 19.5 Å². The molecular weight excluding hydrogens is 357 g/mol. The zero-order valence-electron chi connectivity index (χ0n) is 14.5. The molecule has 117 valence electrons. The molecule has 0 saturated heterocycles. The summed E-state index contributed by atoms with van der Waals surface area (Å²) in [4.78, 5) is 0. The average molecular weight is 386 g/mol. The number of rotatable bonds is 4. The second-order valence-electron chi connectivity index (χ2n) is 6.63. The minimum Gasteiger partial charge on any atom is -0.0587 e. The maximum absolute atomic E-state index is 2.30. The maximum Gasteiger partial charge on any atom is 3.00 e. The van der Waals surface area contributed by atoms with Gasteiger partial charge in [0.25, 0.3) is 5.69 Å². The van der Waals surface area contributed by atoms with Gasteiger partial charge in [-0.05, 0) is 23.5 Å². The molecule has 2 aromatic rings. The summed E-state index contributed by atoms with van der Waals surface area (Å²) in [5.74, 6) is 1.56. The second kappa shape index (κ2) is 7.97. The van der Waals surface area contributed by atoms with Crippen LogP contribution in [0.5, 0.6) is 0 Å². The van der Waals surface area contributed by atoms with Gasteiger partial charge in [-0.3, -0.25) is 0 Å². The molecule has 0 aliphatic carbocycles. The largest absolute Gasteiger partial charge is 3.00 e. The minimum atomic E-state index is 0. The molecule has 1 radical (unpaired) electrons. The summed E-state index contributed by atoms with van der Waals surface area (Å²) in [7, 11) is 0. The smallest absolute Gasteiger partial charge is 0.0587 e. The van der Waals surface area contributed by atoms with Gasteiger partial charge in [0.15, 0.2) is 0 Å². The number of pyridine rings is 2. The Morgan fingerprint density at radius 1 is 0.727 bits per heavy atom. The summed E-state index contributed by atoms with van der Waals surface area (Å²) in [6.45, 7) is 13.7. The van der Waals surface area contributed by atoms with Crippen LogP contribution in [0.4, 0.5) is 0 Å². The van der Waals surface area contributed by atoms with Gasteiger partial charge in [-0.2, -0.15) is 0 Å². The van der Waals surface area contributed by atoms with Crippen LogP contribution in [-0.2, 0) is 19.5 Å². The van der Waals surface area contributed by atoms with E-state index in [1.165, 1.54) is 16.8 Å². The van der Waals surface area contributed by atoms with Crippen molar-refractivity contribution >= 4 is 0 Å². The number of aromatic nitrogens is 2. The van der Waals surface area contributed by atoms with Crippen LogP contribution in [0.1, 0.15) is 76.1 Å². The van der Waals surface area contributed by atoms with E-state index in [1.54, 1.807) is 0 Å². The first-order valence-electron chi connectivity index (χ1n) is 7.98. The zero-order valence-corrected chi connectivity index (χ0v) is 16.3. The normalized spacial score (nSPS) is 11.1. The average Bonchev–Trinajstić information content (AvgIpc) is 2.46. The Bertz CT molecular complexity index is 604. The molecule has 0 saturated carbocycles. The SMILES string of the molecule is CC(C)c1cc[n+](-[n+]2ccccc2)c(C(C)C)c1C(C)C.[Ru+3]. The van der Waals surface area contributed by atoms with Crippen LogP contribution in [-0.4, -0.2) is 0 Å². The van der Waals surface area contributed by atoms with Crippen LogP contribution in [0.3, 0.4) is 0 Å². The van der Waals surface area contributed by atoms with Crippen molar-refractivity contribution in [1.82, 2.24) is 0 Å². The fraction of sp³-hybridized carbons (Fsp3) is 0.474. The number of hydrogen-bond acceptors (Lipinski definition) is 0. The van der Waals surface area contributed by atoms with E-state index in [0.717, 1.165) is 0 Å². The third-order valence-corrected chi connectivity index (χ3v) is 3.92. The van der Waals surface area contributed by atoms with Gasteiger partial charge < -0.3 is 0 Å². The Balaban J connectivity index is 0.00000242. The third-order valence-electron chi connectivity index (χ3n) is 3.92. The minimum absolute atomic E-state index is 0. The summed E-state index contributed by atoms with van der Waals surface area (Å²) in [5, 5.41) is 0. The molecule has 2 nitrogen and oxygen atoms in total. The Morgan fingerprint density at radius 3 is 1.77 bits per heavy atom. The van der Waals surface area contributed by atoms with E-state index >= 15 is 0 Å². The first-order valence-corrected chi connectivity index (χ1v) is 7.98. The topological polar surface area (TPSA) is 7.76 Å². The van der Waals surface area contributed by atoms with Gasteiger partial charge in [-0.25, -0.2) is 0 Å². The van der Waals surface area contributed by atoms with Gasteiger partial charge in [0.2, 0.25) is 18.6 Å². The van der Waals surface area contributed by atoms with Gasteiger partial charge in [0.1, 0.15) is 0 Å². The number of nitrogens with zero attached hydrogens (tertiary/aromatic N) is 2.